The van der Waals surface area contributed by atoms with E-state index in [0.717, 1.165) is 24.0 Å². The summed E-state index contributed by atoms with van der Waals surface area (Å²) in [6, 6.07) is 5.45. The van der Waals surface area contributed by atoms with Crippen molar-refractivity contribution < 1.29 is 9.13 Å². The molecule has 114 valence electrons. The van der Waals surface area contributed by atoms with Gasteiger partial charge in [-0.3, -0.25) is 0 Å². The van der Waals surface area contributed by atoms with E-state index in [4.69, 9.17) is 10.5 Å². The first kappa shape index (κ1) is 15.4. The molecule has 0 bridgehead atoms. The van der Waals surface area contributed by atoms with Crippen LogP contribution in [0.15, 0.2) is 35.3 Å². The highest BCUT2D eigenvalue weighted by atomic mass is 19.1. The third-order valence-corrected chi connectivity index (χ3v) is 3.66. The van der Waals surface area contributed by atoms with E-state index in [1.807, 2.05) is 13.0 Å². The molecule has 0 heterocycles. The second-order valence-electron chi connectivity index (χ2n) is 5.56. The van der Waals surface area contributed by atoms with E-state index in [1.165, 1.54) is 7.11 Å². The summed E-state index contributed by atoms with van der Waals surface area (Å²) >= 11 is 0. The van der Waals surface area contributed by atoms with E-state index in [1.54, 1.807) is 12.1 Å². The van der Waals surface area contributed by atoms with Crippen molar-refractivity contribution in [3.63, 3.8) is 0 Å². The van der Waals surface area contributed by atoms with Crippen LogP contribution in [0.5, 0.6) is 5.75 Å². The molecule has 3 N–H and O–H groups in total. The Bertz CT molecular complexity index is 550. The minimum absolute atomic E-state index is 0.281. The summed E-state index contributed by atoms with van der Waals surface area (Å²) in [5.41, 5.74) is 7.78. The summed E-state index contributed by atoms with van der Waals surface area (Å²) in [6.45, 7) is 6.23. The maximum atomic E-state index is 13.7. The number of methoxy groups -OCH3 is 1. The molecule has 0 unspecified atom stereocenters. The molecule has 1 aromatic rings. The highest BCUT2D eigenvalue weighted by Crippen LogP contribution is 2.38. The Morgan fingerprint density at radius 2 is 2.24 bits per heavy atom. The standard InChI is InChI=1S/C16H22FN3O/c1-10(2)9-19-16(18)20-13-6-12(7-13)11-4-5-15(21-3)14(17)8-11/h4-5,8,12-13H,1,6-7,9H2,2-3H3,(H3,18,19,20). The van der Waals surface area contributed by atoms with E-state index < -0.39 is 0 Å². The average molecular weight is 291 g/mol. The quantitative estimate of drug-likeness (QED) is 0.498. The van der Waals surface area contributed by atoms with E-state index >= 15 is 0 Å². The number of rotatable bonds is 5. The third kappa shape index (κ3) is 3.97. The van der Waals surface area contributed by atoms with Crippen LogP contribution in [0.25, 0.3) is 0 Å². The van der Waals surface area contributed by atoms with Gasteiger partial charge >= 0.3 is 0 Å². The zero-order chi connectivity index (χ0) is 15.4. The summed E-state index contributed by atoms with van der Waals surface area (Å²) in [4.78, 5) is 4.19. The molecule has 5 heteroatoms. The number of nitrogens with one attached hydrogen (secondary N) is 1. The molecule has 4 nitrogen and oxygen atoms in total. The molecule has 1 aliphatic rings. The number of hydrogen-bond donors (Lipinski definition) is 2. The lowest BCUT2D eigenvalue weighted by Gasteiger charge is -2.36. The molecular formula is C16H22FN3O. The van der Waals surface area contributed by atoms with Crippen molar-refractivity contribution >= 4 is 5.96 Å². The second kappa shape index (κ2) is 6.61. The molecule has 21 heavy (non-hydrogen) atoms. The van der Waals surface area contributed by atoms with Crippen LogP contribution in [0.3, 0.4) is 0 Å². The van der Waals surface area contributed by atoms with Crippen LogP contribution in [0, 0.1) is 5.82 Å². The van der Waals surface area contributed by atoms with E-state index in [-0.39, 0.29) is 11.6 Å². The van der Waals surface area contributed by atoms with Crippen LogP contribution >= 0.6 is 0 Å². The van der Waals surface area contributed by atoms with E-state index in [2.05, 4.69) is 16.9 Å². The molecule has 1 aliphatic carbocycles. The Labute approximate surface area is 124 Å². The first-order chi connectivity index (χ1) is 9.99. The lowest BCUT2D eigenvalue weighted by molar-refractivity contribution is 0.321. The molecule has 0 atom stereocenters. The highest BCUT2D eigenvalue weighted by Gasteiger charge is 2.31. The zero-order valence-electron chi connectivity index (χ0n) is 12.5. The maximum Gasteiger partial charge on any atom is 0.189 e. The molecule has 0 amide bonds. The number of hydrogen-bond acceptors (Lipinski definition) is 2. The van der Waals surface area contributed by atoms with Crippen LogP contribution < -0.4 is 15.8 Å². The average Bonchev–Trinajstić information content (AvgIpc) is 2.40. The Kier molecular flexibility index (Phi) is 4.83. The molecule has 1 aromatic carbocycles. The largest absolute Gasteiger partial charge is 0.494 e. The van der Waals surface area contributed by atoms with Gasteiger partial charge in [0.15, 0.2) is 17.5 Å². The SMILES string of the molecule is C=C(C)CN=C(N)NC1CC(c2ccc(OC)c(F)c2)C1. The van der Waals surface area contributed by atoms with Crippen LogP contribution in [0.1, 0.15) is 31.2 Å². The van der Waals surface area contributed by atoms with Crippen molar-refractivity contribution in [2.24, 2.45) is 10.7 Å². The summed E-state index contributed by atoms with van der Waals surface area (Å²) in [7, 11) is 1.47. The van der Waals surface area contributed by atoms with Gasteiger partial charge in [-0.15, -0.1) is 0 Å². The monoisotopic (exact) mass is 291 g/mol. The fourth-order valence-electron chi connectivity index (χ4n) is 2.42. The van der Waals surface area contributed by atoms with Crippen molar-refractivity contribution in [1.29, 1.82) is 0 Å². The van der Waals surface area contributed by atoms with Gasteiger partial charge in [0.1, 0.15) is 0 Å². The van der Waals surface area contributed by atoms with Gasteiger partial charge in [-0.25, -0.2) is 9.38 Å². The van der Waals surface area contributed by atoms with E-state index in [0.29, 0.717) is 24.5 Å². The summed E-state index contributed by atoms with van der Waals surface area (Å²) in [5.74, 6) is 0.775. The van der Waals surface area contributed by atoms with Gasteiger partial charge in [-0.1, -0.05) is 18.2 Å². The van der Waals surface area contributed by atoms with Gasteiger partial charge < -0.3 is 15.8 Å². The number of aliphatic imine (C=N–C) groups is 1. The van der Waals surface area contributed by atoms with Crippen LogP contribution in [-0.4, -0.2) is 25.7 Å². The topological polar surface area (TPSA) is 59.6 Å². The van der Waals surface area contributed by atoms with Gasteiger partial charge in [0.2, 0.25) is 0 Å². The molecule has 0 radical (unpaired) electrons. The van der Waals surface area contributed by atoms with Gasteiger partial charge in [-0.2, -0.15) is 0 Å². The normalized spacial score (nSPS) is 21.6. The number of nitrogens with zero attached hydrogens (tertiary/aromatic N) is 1. The highest BCUT2D eigenvalue weighted by molar-refractivity contribution is 5.78. The predicted octanol–water partition coefficient (Wildman–Crippen LogP) is 2.56. The number of benzene rings is 1. The second-order valence-corrected chi connectivity index (χ2v) is 5.56. The third-order valence-electron chi connectivity index (χ3n) is 3.66. The number of guanidine groups is 1. The van der Waals surface area contributed by atoms with Crippen molar-refractivity contribution in [2.75, 3.05) is 13.7 Å². The van der Waals surface area contributed by atoms with Crippen molar-refractivity contribution in [3.05, 3.63) is 41.7 Å². The Morgan fingerprint density at radius 1 is 1.52 bits per heavy atom. The first-order valence-electron chi connectivity index (χ1n) is 7.04. The van der Waals surface area contributed by atoms with Crippen molar-refractivity contribution in [3.8, 4) is 5.75 Å². The van der Waals surface area contributed by atoms with Crippen molar-refractivity contribution in [2.45, 2.75) is 31.7 Å². The van der Waals surface area contributed by atoms with Crippen LogP contribution in [0.2, 0.25) is 0 Å². The summed E-state index contributed by atoms with van der Waals surface area (Å²) in [5, 5.41) is 3.18. The fourth-order valence-corrected chi connectivity index (χ4v) is 2.42. The first-order valence-corrected chi connectivity index (χ1v) is 7.04. The molecule has 1 saturated carbocycles. The fraction of sp³-hybridized carbons (Fsp3) is 0.438. The van der Waals surface area contributed by atoms with Gasteiger partial charge in [0.25, 0.3) is 0 Å². The Balaban J connectivity index is 1.85. The van der Waals surface area contributed by atoms with Gasteiger partial charge in [0, 0.05) is 6.04 Å². The van der Waals surface area contributed by atoms with Crippen LogP contribution in [-0.2, 0) is 0 Å². The van der Waals surface area contributed by atoms with E-state index in [9.17, 15) is 4.39 Å². The summed E-state index contributed by atoms with van der Waals surface area (Å²) < 4.78 is 18.6. The molecule has 0 aromatic heterocycles. The number of ether oxygens (including phenoxy) is 1. The lowest BCUT2D eigenvalue weighted by Crippen LogP contribution is -2.46. The Hall–Kier alpha value is -2.04. The molecule has 0 saturated heterocycles. The van der Waals surface area contributed by atoms with Crippen molar-refractivity contribution in [1.82, 2.24) is 5.32 Å². The van der Waals surface area contributed by atoms with Gasteiger partial charge in [-0.05, 0) is 43.4 Å². The minimum Gasteiger partial charge on any atom is -0.494 e. The van der Waals surface area contributed by atoms with Gasteiger partial charge in [0.05, 0.1) is 13.7 Å². The Morgan fingerprint density at radius 3 is 2.81 bits per heavy atom. The molecule has 2 rings (SSSR count). The zero-order valence-corrected chi connectivity index (χ0v) is 12.5. The minimum atomic E-state index is -0.311. The maximum absolute atomic E-state index is 13.7. The smallest absolute Gasteiger partial charge is 0.189 e. The van der Waals surface area contributed by atoms with Crippen LogP contribution in [0.4, 0.5) is 4.39 Å². The number of nitrogens with two attached hydrogens (primary N) is 1. The molecule has 0 spiro atoms. The molecule has 1 fully saturated rings. The summed E-state index contributed by atoms with van der Waals surface area (Å²) in [6.07, 6.45) is 1.85. The molecular weight excluding hydrogens is 269 g/mol. The molecule has 0 aliphatic heterocycles. The number of halogens is 1. The predicted molar refractivity (Wildman–Crippen MR) is 83.2 cm³/mol. The lowest BCUT2D eigenvalue weighted by atomic mass is 9.76.